The van der Waals surface area contributed by atoms with Crippen LogP contribution in [-0.4, -0.2) is 58.2 Å². The molecule has 1 N–H and O–H groups in total. The van der Waals surface area contributed by atoms with Crippen molar-refractivity contribution in [1.29, 1.82) is 0 Å². The molecule has 0 bridgehead atoms. The smallest absolute Gasteiger partial charge is 0.306 e. The fourth-order valence-corrected chi connectivity index (χ4v) is 3.93. The maximum absolute atomic E-state index is 12.8. The van der Waals surface area contributed by atoms with Crippen LogP contribution in [0, 0.1) is 0 Å². The minimum Gasteiger partial charge on any atom is -0.466 e. The Bertz CT molecular complexity index is 1210. The third-order valence-corrected chi connectivity index (χ3v) is 5.65. The van der Waals surface area contributed by atoms with Crippen molar-refractivity contribution in [3.63, 3.8) is 0 Å². The number of benzene rings is 1. The van der Waals surface area contributed by atoms with Gasteiger partial charge in [-0.2, -0.15) is 0 Å². The lowest BCUT2D eigenvalue weighted by Gasteiger charge is -2.19. The highest BCUT2D eigenvalue weighted by Gasteiger charge is 2.21. The number of nitrogens with zero attached hydrogens (tertiary/aromatic N) is 4. The number of ether oxygens (including phenoxy) is 1. The Morgan fingerprint density at radius 2 is 1.76 bits per heavy atom. The van der Waals surface area contributed by atoms with Crippen LogP contribution >= 0.6 is 0 Å². The van der Waals surface area contributed by atoms with E-state index in [9.17, 15) is 14.4 Å². The summed E-state index contributed by atoms with van der Waals surface area (Å²) in [6.07, 6.45) is 3.83. The number of ketones is 1. The molecule has 9 heteroatoms. The van der Waals surface area contributed by atoms with Crippen LogP contribution in [0.15, 0.2) is 41.5 Å². The maximum atomic E-state index is 12.8. The zero-order chi connectivity index (χ0) is 24.7. The van der Waals surface area contributed by atoms with E-state index in [-0.39, 0.29) is 30.2 Å². The monoisotopic (exact) mass is 466 g/mol. The first-order valence-electron chi connectivity index (χ1n) is 11.3. The Morgan fingerprint density at radius 3 is 2.41 bits per heavy atom. The number of carbonyl (C=O) groups excluding carboxylic acids is 2. The zero-order valence-electron chi connectivity index (χ0n) is 19.8. The van der Waals surface area contributed by atoms with Crippen LogP contribution in [0.25, 0.3) is 22.2 Å². The highest BCUT2D eigenvalue weighted by Crippen LogP contribution is 2.29. The molecule has 1 aliphatic heterocycles. The fraction of sp³-hybridized carbons (Fsp3) is 0.400. The molecule has 0 spiro atoms. The summed E-state index contributed by atoms with van der Waals surface area (Å²) in [5.74, 6) is 0.184. The molecular weight excluding hydrogens is 436 g/mol. The summed E-state index contributed by atoms with van der Waals surface area (Å²) in [7, 11) is 2.69. The molecule has 0 radical (unpaired) electrons. The van der Waals surface area contributed by atoms with Crippen molar-refractivity contribution in [1.82, 2.24) is 14.5 Å². The number of anilines is 1. The molecule has 1 fully saturated rings. The summed E-state index contributed by atoms with van der Waals surface area (Å²) >= 11 is 0. The standard InChI is InChI=1S/C24H26N4O4.CH4O/c1-3-32-21(30)11-10-20(29)17-8-6-16(7-9-17)18-14-19-22(24(31)27(2)15-25-19)23(26-18)28-12-4-5-13-28;1-2/h6-9,14-15H,3-5,10-13H2,1-2H3;2H,1H3. The molecule has 9 nitrogen and oxygen atoms in total. The molecule has 0 saturated carbocycles. The number of esters is 1. The highest BCUT2D eigenvalue weighted by molar-refractivity contribution is 5.98. The Morgan fingerprint density at radius 1 is 1.09 bits per heavy atom. The number of aryl methyl sites for hydroxylation is 1. The summed E-state index contributed by atoms with van der Waals surface area (Å²) < 4.78 is 6.35. The van der Waals surface area contributed by atoms with Crippen LogP contribution in [0.2, 0.25) is 0 Å². The van der Waals surface area contributed by atoms with Gasteiger partial charge >= 0.3 is 5.97 Å². The average Bonchev–Trinajstić information content (AvgIpc) is 3.41. The predicted octanol–water partition coefficient (Wildman–Crippen LogP) is 2.73. The summed E-state index contributed by atoms with van der Waals surface area (Å²) in [5, 5.41) is 7.53. The second-order valence-corrected chi connectivity index (χ2v) is 7.89. The number of fused-ring (bicyclic) bond motifs is 1. The van der Waals surface area contributed by atoms with E-state index in [1.165, 1.54) is 10.9 Å². The average molecular weight is 467 g/mol. The van der Waals surface area contributed by atoms with E-state index in [1.807, 2.05) is 18.2 Å². The van der Waals surface area contributed by atoms with Crippen molar-refractivity contribution in [3.8, 4) is 11.3 Å². The van der Waals surface area contributed by atoms with E-state index in [2.05, 4.69) is 9.88 Å². The van der Waals surface area contributed by atoms with E-state index in [4.69, 9.17) is 14.8 Å². The van der Waals surface area contributed by atoms with Crippen LogP contribution in [0.3, 0.4) is 0 Å². The molecule has 4 rings (SSSR count). The van der Waals surface area contributed by atoms with Crippen molar-refractivity contribution >= 4 is 28.5 Å². The van der Waals surface area contributed by atoms with Gasteiger partial charge in [0.2, 0.25) is 0 Å². The SMILES string of the molecule is CCOC(=O)CCC(=O)c1ccc(-c2cc3ncn(C)c(=O)c3c(N3CCCC3)n2)cc1.CO. The molecule has 180 valence electrons. The van der Waals surface area contributed by atoms with E-state index < -0.39 is 0 Å². The maximum Gasteiger partial charge on any atom is 0.306 e. The second kappa shape index (κ2) is 11.5. The lowest BCUT2D eigenvalue weighted by atomic mass is 10.0. The fourth-order valence-electron chi connectivity index (χ4n) is 3.93. The van der Waals surface area contributed by atoms with Gasteiger partial charge in [0, 0.05) is 44.8 Å². The Balaban J connectivity index is 0.00000158. The number of pyridine rings is 1. The Kier molecular flexibility index (Phi) is 8.48. The van der Waals surface area contributed by atoms with Crippen molar-refractivity contribution in [2.45, 2.75) is 32.6 Å². The molecular formula is C25H30N4O5. The molecule has 1 aliphatic rings. The molecule has 1 saturated heterocycles. The number of hydrogen-bond donors (Lipinski definition) is 1. The van der Waals surface area contributed by atoms with E-state index in [0.717, 1.165) is 38.6 Å². The molecule has 0 aliphatic carbocycles. The number of aromatic nitrogens is 3. The van der Waals surface area contributed by atoms with Crippen molar-refractivity contribution in [3.05, 3.63) is 52.6 Å². The third kappa shape index (κ3) is 5.48. The minimum atomic E-state index is -0.370. The zero-order valence-corrected chi connectivity index (χ0v) is 19.8. The van der Waals surface area contributed by atoms with Crippen LogP contribution < -0.4 is 10.5 Å². The lowest BCUT2D eigenvalue weighted by Crippen LogP contribution is -2.25. The summed E-state index contributed by atoms with van der Waals surface area (Å²) in [6.45, 7) is 3.76. The Hall–Kier alpha value is -3.59. The number of carbonyl (C=O) groups is 2. The first-order chi connectivity index (χ1) is 16.5. The van der Waals surface area contributed by atoms with Gasteiger partial charge in [-0.05, 0) is 25.8 Å². The van der Waals surface area contributed by atoms with Crippen molar-refractivity contribution < 1.29 is 19.4 Å². The van der Waals surface area contributed by atoms with Gasteiger partial charge in [-0.3, -0.25) is 14.4 Å². The predicted molar refractivity (Wildman–Crippen MR) is 130 cm³/mol. The lowest BCUT2D eigenvalue weighted by molar-refractivity contribution is -0.143. The van der Waals surface area contributed by atoms with E-state index in [0.29, 0.717) is 34.6 Å². The molecule has 1 aromatic carbocycles. The molecule has 34 heavy (non-hydrogen) atoms. The van der Waals surface area contributed by atoms with Crippen LogP contribution in [0.4, 0.5) is 5.82 Å². The Labute approximate surface area is 198 Å². The van der Waals surface area contributed by atoms with Gasteiger partial charge in [-0.15, -0.1) is 0 Å². The van der Waals surface area contributed by atoms with Gasteiger partial charge in [0.15, 0.2) is 5.78 Å². The topological polar surface area (TPSA) is 115 Å². The second-order valence-electron chi connectivity index (χ2n) is 7.89. The van der Waals surface area contributed by atoms with Crippen LogP contribution in [0.1, 0.15) is 43.0 Å². The van der Waals surface area contributed by atoms with Gasteiger partial charge in [-0.25, -0.2) is 9.97 Å². The molecule has 0 amide bonds. The molecule has 2 aromatic heterocycles. The number of aliphatic hydroxyl groups excluding tert-OH is 1. The minimum absolute atomic E-state index is 0.0699. The van der Waals surface area contributed by atoms with Crippen LogP contribution in [-0.2, 0) is 16.6 Å². The first-order valence-corrected chi connectivity index (χ1v) is 11.3. The van der Waals surface area contributed by atoms with Gasteiger partial charge in [0.1, 0.15) is 11.2 Å². The highest BCUT2D eigenvalue weighted by atomic mass is 16.5. The largest absolute Gasteiger partial charge is 0.466 e. The van der Waals surface area contributed by atoms with E-state index >= 15 is 0 Å². The van der Waals surface area contributed by atoms with Gasteiger partial charge < -0.3 is 19.3 Å². The molecule has 3 aromatic rings. The molecule has 0 atom stereocenters. The van der Waals surface area contributed by atoms with Crippen molar-refractivity contribution in [2.75, 3.05) is 31.7 Å². The summed E-state index contributed by atoms with van der Waals surface area (Å²) in [4.78, 5) is 48.1. The molecule has 3 heterocycles. The van der Waals surface area contributed by atoms with Gasteiger partial charge in [0.05, 0.1) is 30.6 Å². The normalized spacial score (nSPS) is 12.9. The summed E-state index contributed by atoms with van der Waals surface area (Å²) in [5.41, 5.74) is 2.56. The molecule has 0 unspecified atom stereocenters. The summed E-state index contributed by atoms with van der Waals surface area (Å²) in [6, 6.07) is 8.96. The quantitative estimate of drug-likeness (QED) is 0.418. The van der Waals surface area contributed by atoms with Crippen molar-refractivity contribution in [2.24, 2.45) is 7.05 Å². The van der Waals surface area contributed by atoms with Gasteiger partial charge in [-0.1, -0.05) is 24.3 Å². The number of rotatable bonds is 7. The number of hydrogen-bond acceptors (Lipinski definition) is 8. The number of aliphatic hydroxyl groups is 1. The third-order valence-electron chi connectivity index (χ3n) is 5.65. The van der Waals surface area contributed by atoms with Crippen LogP contribution in [0.5, 0.6) is 0 Å². The number of Topliss-reactive ketones (excluding diaryl/α,β-unsaturated/α-hetero) is 1. The first kappa shape index (κ1) is 25.0. The van der Waals surface area contributed by atoms with E-state index in [1.54, 1.807) is 26.1 Å². The van der Waals surface area contributed by atoms with Gasteiger partial charge in [0.25, 0.3) is 5.56 Å².